The minimum absolute atomic E-state index is 0.0861. The first-order valence-electron chi connectivity index (χ1n) is 31.7. The van der Waals surface area contributed by atoms with E-state index < -0.39 is 6.10 Å². The molecule has 0 amide bonds. The van der Waals surface area contributed by atoms with Crippen molar-refractivity contribution in [3.05, 3.63) is 97.2 Å². The SMILES string of the molecule is CC/C=C\C/C=C\C/C=C\C/C=C\C/C=C\CCCCCCCC(=O)OC(COC(=O)CCCCCCCCCC/C=C\C/C=C\C/C=C\CCCCCCC)COC(=O)CCCCCCCCCCCCCCC. The van der Waals surface area contributed by atoms with Crippen molar-refractivity contribution in [1.82, 2.24) is 0 Å². The van der Waals surface area contributed by atoms with Gasteiger partial charge in [-0.1, -0.05) is 279 Å². The summed E-state index contributed by atoms with van der Waals surface area (Å²) in [5.74, 6) is -0.903. The first-order chi connectivity index (χ1) is 37.0. The van der Waals surface area contributed by atoms with E-state index >= 15 is 0 Å². The number of carbonyl (C=O) groups is 3. The Morgan fingerprint density at radius 1 is 0.280 bits per heavy atom. The quantitative estimate of drug-likeness (QED) is 0.0261. The molecule has 0 aromatic heterocycles. The number of hydrogen-bond donors (Lipinski definition) is 0. The molecule has 0 aromatic carbocycles. The number of carbonyl (C=O) groups excluding carboxylic acids is 3. The fourth-order valence-corrected chi connectivity index (χ4v) is 8.83. The van der Waals surface area contributed by atoms with E-state index in [4.69, 9.17) is 14.2 Å². The maximum Gasteiger partial charge on any atom is 0.306 e. The maximum atomic E-state index is 12.9. The van der Waals surface area contributed by atoms with Gasteiger partial charge in [-0.2, -0.15) is 0 Å². The summed E-state index contributed by atoms with van der Waals surface area (Å²) < 4.78 is 16.9. The Hall–Kier alpha value is -3.67. The molecule has 0 fully saturated rings. The van der Waals surface area contributed by atoms with Crippen LogP contribution in [-0.4, -0.2) is 37.2 Å². The van der Waals surface area contributed by atoms with Gasteiger partial charge in [0.2, 0.25) is 0 Å². The Kier molecular flexibility index (Phi) is 59.8. The predicted molar refractivity (Wildman–Crippen MR) is 325 cm³/mol. The third kappa shape index (κ3) is 61.1. The molecule has 1 atom stereocenters. The van der Waals surface area contributed by atoms with Gasteiger partial charge in [0.05, 0.1) is 0 Å². The molecule has 0 aliphatic carbocycles. The highest BCUT2D eigenvalue weighted by molar-refractivity contribution is 5.71. The van der Waals surface area contributed by atoms with Crippen LogP contribution in [0.4, 0.5) is 0 Å². The van der Waals surface area contributed by atoms with Crippen LogP contribution in [0.5, 0.6) is 0 Å². The zero-order valence-electron chi connectivity index (χ0n) is 49.3. The van der Waals surface area contributed by atoms with Crippen LogP contribution in [0, 0.1) is 0 Å². The van der Waals surface area contributed by atoms with E-state index in [9.17, 15) is 14.4 Å². The summed E-state index contributed by atoms with van der Waals surface area (Å²) in [7, 11) is 0. The lowest BCUT2D eigenvalue weighted by Crippen LogP contribution is -2.30. The largest absolute Gasteiger partial charge is 0.462 e. The van der Waals surface area contributed by atoms with Crippen molar-refractivity contribution in [2.45, 2.75) is 309 Å². The average molecular weight is 1040 g/mol. The van der Waals surface area contributed by atoms with E-state index in [0.29, 0.717) is 19.3 Å². The average Bonchev–Trinajstić information content (AvgIpc) is 3.41. The zero-order valence-corrected chi connectivity index (χ0v) is 49.3. The summed E-state index contributed by atoms with van der Waals surface area (Å²) in [6, 6.07) is 0. The van der Waals surface area contributed by atoms with Gasteiger partial charge in [-0.25, -0.2) is 0 Å². The molecule has 0 saturated carbocycles. The summed E-state index contributed by atoms with van der Waals surface area (Å²) in [5, 5.41) is 0. The summed E-state index contributed by atoms with van der Waals surface area (Å²) in [5.41, 5.74) is 0. The van der Waals surface area contributed by atoms with Gasteiger partial charge in [-0.05, 0) is 103 Å². The lowest BCUT2D eigenvalue weighted by molar-refractivity contribution is -0.167. The van der Waals surface area contributed by atoms with Crippen LogP contribution < -0.4 is 0 Å². The molecule has 75 heavy (non-hydrogen) atoms. The second-order valence-corrected chi connectivity index (χ2v) is 20.9. The highest BCUT2D eigenvalue weighted by atomic mass is 16.6. The first kappa shape index (κ1) is 71.3. The minimum Gasteiger partial charge on any atom is -0.462 e. The predicted octanol–water partition coefficient (Wildman–Crippen LogP) is 21.7. The highest BCUT2D eigenvalue weighted by Crippen LogP contribution is 2.16. The lowest BCUT2D eigenvalue weighted by atomic mass is 10.0. The molecule has 0 aliphatic heterocycles. The van der Waals surface area contributed by atoms with Gasteiger partial charge in [-0.15, -0.1) is 0 Å². The molecule has 0 N–H and O–H groups in total. The fourth-order valence-electron chi connectivity index (χ4n) is 8.83. The third-order valence-corrected chi connectivity index (χ3v) is 13.6. The van der Waals surface area contributed by atoms with Crippen molar-refractivity contribution in [2.24, 2.45) is 0 Å². The third-order valence-electron chi connectivity index (χ3n) is 13.6. The molecule has 6 nitrogen and oxygen atoms in total. The van der Waals surface area contributed by atoms with Crippen molar-refractivity contribution in [3.8, 4) is 0 Å². The second-order valence-electron chi connectivity index (χ2n) is 20.9. The van der Waals surface area contributed by atoms with E-state index in [1.807, 2.05) is 0 Å². The molecule has 0 heterocycles. The fraction of sp³-hybridized carbons (Fsp3) is 0.725. The summed E-state index contributed by atoms with van der Waals surface area (Å²) in [6.45, 7) is 6.52. The van der Waals surface area contributed by atoms with E-state index in [-0.39, 0.29) is 31.1 Å². The number of rotatable bonds is 57. The van der Waals surface area contributed by atoms with Crippen LogP contribution in [0.2, 0.25) is 0 Å². The Labute approximate surface area is 464 Å². The van der Waals surface area contributed by atoms with Crippen molar-refractivity contribution < 1.29 is 28.6 Å². The van der Waals surface area contributed by atoms with Crippen LogP contribution in [0.25, 0.3) is 0 Å². The highest BCUT2D eigenvalue weighted by Gasteiger charge is 2.19. The molecule has 0 saturated heterocycles. The molecule has 430 valence electrons. The molecular weight excluding hydrogens is 925 g/mol. The van der Waals surface area contributed by atoms with Gasteiger partial charge in [0.1, 0.15) is 13.2 Å². The van der Waals surface area contributed by atoms with Gasteiger partial charge < -0.3 is 14.2 Å². The number of ether oxygens (including phenoxy) is 3. The van der Waals surface area contributed by atoms with Crippen LogP contribution in [0.15, 0.2) is 97.2 Å². The minimum atomic E-state index is -0.792. The summed E-state index contributed by atoms with van der Waals surface area (Å²) in [6.07, 6.45) is 84.0. The van der Waals surface area contributed by atoms with Crippen LogP contribution in [0.3, 0.4) is 0 Å². The van der Waals surface area contributed by atoms with Crippen molar-refractivity contribution in [2.75, 3.05) is 13.2 Å². The summed E-state index contributed by atoms with van der Waals surface area (Å²) >= 11 is 0. The standard InChI is InChI=1S/C69H118O6/c1-4-7-10-13-16-19-22-25-27-29-31-33-34-36-37-39-41-44-47-50-53-56-59-62-68(71)74-65-66(64-73-67(70)61-58-55-52-49-46-43-24-21-18-15-12-9-6-3)75-69(72)63-60-57-54-51-48-45-42-40-38-35-32-30-28-26-23-20-17-14-11-8-5-2/h8,11,17,20,22,25-26,28-29,31-32,34-36,40,42,66H,4-7,9-10,12-16,18-19,21,23-24,27,30,33,37-39,41,43-65H2,1-3H3/b11-8-,20-17-,25-22-,28-26-,31-29-,35-32-,36-34-,42-40-. The van der Waals surface area contributed by atoms with Crippen LogP contribution >= 0.6 is 0 Å². The number of esters is 3. The Morgan fingerprint density at radius 3 is 0.813 bits per heavy atom. The lowest BCUT2D eigenvalue weighted by Gasteiger charge is -2.18. The molecule has 0 radical (unpaired) electrons. The Balaban J connectivity index is 4.39. The van der Waals surface area contributed by atoms with Crippen LogP contribution in [0.1, 0.15) is 303 Å². The molecule has 0 aromatic rings. The van der Waals surface area contributed by atoms with Crippen molar-refractivity contribution in [1.29, 1.82) is 0 Å². The van der Waals surface area contributed by atoms with Crippen LogP contribution in [-0.2, 0) is 28.6 Å². The van der Waals surface area contributed by atoms with Crippen molar-refractivity contribution >= 4 is 17.9 Å². The molecule has 0 spiro atoms. The first-order valence-corrected chi connectivity index (χ1v) is 31.7. The van der Waals surface area contributed by atoms with Gasteiger partial charge in [0.25, 0.3) is 0 Å². The molecular formula is C69H118O6. The monoisotopic (exact) mass is 1040 g/mol. The van der Waals surface area contributed by atoms with Gasteiger partial charge in [-0.3, -0.25) is 14.4 Å². The molecule has 0 bridgehead atoms. The molecule has 1 unspecified atom stereocenters. The van der Waals surface area contributed by atoms with Gasteiger partial charge in [0.15, 0.2) is 6.10 Å². The van der Waals surface area contributed by atoms with Gasteiger partial charge in [0, 0.05) is 19.3 Å². The van der Waals surface area contributed by atoms with Gasteiger partial charge >= 0.3 is 17.9 Å². The maximum absolute atomic E-state index is 12.9. The Bertz CT molecular complexity index is 1480. The van der Waals surface area contributed by atoms with E-state index in [1.165, 1.54) is 135 Å². The van der Waals surface area contributed by atoms with Crippen molar-refractivity contribution in [3.63, 3.8) is 0 Å². The zero-order chi connectivity index (χ0) is 54.3. The topological polar surface area (TPSA) is 78.9 Å². The molecule has 0 aliphatic rings. The number of unbranched alkanes of at least 4 members (excludes halogenated alkanes) is 30. The normalized spacial score (nSPS) is 12.7. The number of hydrogen-bond acceptors (Lipinski definition) is 6. The van der Waals surface area contributed by atoms with E-state index in [1.54, 1.807) is 0 Å². The van der Waals surface area contributed by atoms with E-state index in [2.05, 4.69) is 118 Å². The Morgan fingerprint density at radius 2 is 0.520 bits per heavy atom. The smallest absolute Gasteiger partial charge is 0.306 e. The molecule has 6 heteroatoms. The molecule has 0 rings (SSSR count). The van der Waals surface area contributed by atoms with E-state index in [0.717, 1.165) is 128 Å². The number of allylic oxidation sites excluding steroid dienone is 16. The summed E-state index contributed by atoms with van der Waals surface area (Å²) in [4.78, 5) is 38.3. The second kappa shape index (κ2) is 62.9.